The number of nitrogens with one attached hydrogen (secondary N) is 1. The Bertz CT molecular complexity index is 1020. The van der Waals surface area contributed by atoms with Gasteiger partial charge in [-0.2, -0.15) is 16.5 Å². The van der Waals surface area contributed by atoms with Gasteiger partial charge in [0, 0.05) is 30.6 Å². The van der Waals surface area contributed by atoms with Crippen molar-refractivity contribution in [3.05, 3.63) is 53.3 Å². The second-order valence-electron chi connectivity index (χ2n) is 7.23. The third-order valence-electron chi connectivity index (χ3n) is 4.98. The molecule has 0 radical (unpaired) electrons. The van der Waals surface area contributed by atoms with Crippen LogP contribution in [0.1, 0.15) is 28.2 Å². The van der Waals surface area contributed by atoms with Gasteiger partial charge >= 0.3 is 5.97 Å². The number of ether oxygens (including phenoxy) is 2. The van der Waals surface area contributed by atoms with Crippen molar-refractivity contribution in [1.82, 2.24) is 9.29 Å². The zero-order valence-corrected chi connectivity index (χ0v) is 20.4. The topological polar surface area (TPSA) is 104 Å². The summed E-state index contributed by atoms with van der Waals surface area (Å²) in [5.41, 5.74) is 2.14. The molecule has 32 heavy (non-hydrogen) atoms. The third-order valence-corrected chi connectivity index (χ3v) is 7.12. The highest BCUT2D eigenvalue weighted by molar-refractivity contribution is 7.98. The lowest BCUT2D eigenvalue weighted by Gasteiger charge is -2.17. The van der Waals surface area contributed by atoms with Crippen molar-refractivity contribution in [2.24, 2.45) is 0 Å². The number of rotatable bonds is 13. The number of carbonyl (C=O) groups is 2. The summed E-state index contributed by atoms with van der Waals surface area (Å²) < 4.78 is 40.0. The van der Waals surface area contributed by atoms with Crippen LogP contribution in [0.2, 0.25) is 0 Å². The Kier molecular flexibility index (Phi) is 9.95. The lowest BCUT2D eigenvalue weighted by atomic mass is 10.1. The van der Waals surface area contributed by atoms with Gasteiger partial charge in [0.1, 0.15) is 6.04 Å². The molecule has 0 aliphatic carbocycles. The smallest absolute Gasteiger partial charge is 0.324 e. The second kappa shape index (κ2) is 12.2. The first-order chi connectivity index (χ1) is 15.2. The molecule has 1 N–H and O–H groups in total. The number of thioether (sulfide) groups is 1. The van der Waals surface area contributed by atoms with Crippen LogP contribution < -0.4 is 4.72 Å². The lowest BCUT2D eigenvalue weighted by molar-refractivity contribution is -0.144. The van der Waals surface area contributed by atoms with Crippen LogP contribution in [0.3, 0.4) is 0 Å². The van der Waals surface area contributed by atoms with E-state index in [0.29, 0.717) is 24.5 Å². The molecule has 1 heterocycles. The van der Waals surface area contributed by atoms with Gasteiger partial charge in [0.15, 0.2) is 6.61 Å². The number of esters is 1. The summed E-state index contributed by atoms with van der Waals surface area (Å²) in [4.78, 5) is 25.4. The van der Waals surface area contributed by atoms with Gasteiger partial charge < -0.3 is 14.0 Å². The Hall–Kier alpha value is -2.14. The second-order valence-corrected chi connectivity index (χ2v) is 9.93. The average Bonchev–Trinajstić information content (AvgIpc) is 3.07. The van der Waals surface area contributed by atoms with Crippen molar-refractivity contribution in [2.45, 2.75) is 37.8 Å². The number of sulfonamides is 1. The van der Waals surface area contributed by atoms with E-state index in [4.69, 9.17) is 9.47 Å². The van der Waals surface area contributed by atoms with E-state index < -0.39 is 28.6 Å². The molecule has 0 amide bonds. The molecule has 2 rings (SSSR count). The highest BCUT2D eigenvalue weighted by Crippen LogP contribution is 2.17. The zero-order chi connectivity index (χ0) is 23.7. The normalized spacial score (nSPS) is 12.5. The summed E-state index contributed by atoms with van der Waals surface area (Å²) in [5.74, 6) is -0.573. The van der Waals surface area contributed by atoms with Crippen molar-refractivity contribution in [3.8, 4) is 0 Å². The zero-order valence-electron chi connectivity index (χ0n) is 18.8. The van der Waals surface area contributed by atoms with Gasteiger partial charge in [-0.25, -0.2) is 8.42 Å². The first kappa shape index (κ1) is 26.1. The molecule has 0 saturated carbocycles. The molecular weight excluding hydrogens is 452 g/mol. The van der Waals surface area contributed by atoms with E-state index in [-0.39, 0.29) is 17.1 Å². The maximum Gasteiger partial charge on any atom is 0.324 e. The summed E-state index contributed by atoms with van der Waals surface area (Å²) in [7, 11) is -2.29. The number of Topliss-reactive ketones (excluding diaryl/α,β-unsaturated/α-hetero) is 1. The molecular formula is C22H30N2O6S2. The van der Waals surface area contributed by atoms with Crippen molar-refractivity contribution in [1.29, 1.82) is 0 Å². The lowest BCUT2D eigenvalue weighted by Crippen LogP contribution is -2.42. The molecule has 0 saturated heterocycles. The molecule has 0 spiro atoms. The Morgan fingerprint density at radius 1 is 1.19 bits per heavy atom. The van der Waals surface area contributed by atoms with Crippen molar-refractivity contribution < 1.29 is 27.5 Å². The molecule has 176 valence electrons. The minimum absolute atomic E-state index is 0.0570. The molecule has 0 bridgehead atoms. The van der Waals surface area contributed by atoms with Crippen LogP contribution in [0.15, 0.2) is 41.3 Å². The highest BCUT2D eigenvalue weighted by atomic mass is 32.2. The van der Waals surface area contributed by atoms with E-state index in [2.05, 4.69) is 4.72 Å². The largest absolute Gasteiger partial charge is 0.456 e. The van der Waals surface area contributed by atoms with E-state index >= 15 is 0 Å². The molecule has 0 aliphatic heterocycles. The summed E-state index contributed by atoms with van der Waals surface area (Å²) >= 11 is 1.48. The number of hydrogen-bond donors (Lipinski definition) is 1. The number of methoxy groups -OCH3 is 1. The van der Waals surface area contributed by atoms with Crippen LogP contribution in [-0.2, 0) is 30.8 Å². The van der Waals surface area contributed by atoms with E-state index in [1.807, 2.05) is 24.7 Å². The van der Waals surface area contributed by atoms with Crippen molar-refractivity contribution in [2.75, 3.05) is 32.3 Å². The van der Waals surface area contributed by atoms with Crippen LogP contribution in [0.5, 0.6) is 0 Å². The molecule has 8 nitrogen and oxygen atoms in total. The molecule has 2 aromatic rings. The standard InChI is InChI=1S/C22H30N2O6S2/c1-16-14-19(17(2)24(16)11-12-29-3)21(25)15-30-22(26)20(10-13-31-4)23-32(27,28)18-8-6-5-7-9-18/h5-9,14,20,23H,10-13,15H2,1-4H3. The van der Waals surface area contributed by atoms with E-state index in [1.165, 1.54) is 23.9 Å². The number of carbonyl (C=O) groups excluding carboxylic acids is 2. The van der Waals surface area contributed by atoms with Crippen molar-refractivity contribution in [3.63, 3.8) is 0 Å². The summed E-state index contributed by atoms with van der Waals surface area (Å²) in [6.07, 6.45) is 2.10. The Labute approximate surface area is 193 Å². The molecule has 10 heteroatoms. The van der Waals surface area contributed by atoms with Gasteiger partial charge in [-0.15, -0.1) is 0 Å². The van der Waals surface area contributed by atoms with Gasteiger partial charge in [0.2, 0.25) is 15.8 Å². The Morgan fingerprint density at radius 2 is 1.88 bits per heavy atom. The monoisotopic (exact) mass is 482 g/mol. The number of nitrogens with zero attached hydrogens (tertiary/aromatic N) is 1. The van der Waals surface area contributed by atoms with E-state index in [9.17, 15) is 18.0 Å². The quantitative estimate of drug-likeness (QED) is 0.346. The van der Waals surface area contributed by atoms with Crippen LogP contribution in [0.25, 0.3) is 0 Å². The maximum absolute atomic E-state index is 12.7. The number of ketones is 1. The first-order valence-corrected chi connectivity index (χ1v) is 13.0. The van der Waals surface area contributed by atoms with Gasteiger partial charge in [-0.05, 0) is 50.5 Å². The van der Waals surface area contributed by atoms with E-state index in [0.717, 1.165) is 11.4 Å². The summed E-state index contributed by atoms with van der Waals surface area (Å²) in [6, 6.07) is 8.47. The molecule has 1 aromatic heterocycles. The predicted molar refractivity (Wildman–Crippen MR) is 125 cm³/mol. The van der Waals surface area contributed by atoms with Gasteiger partial charge in [0.05, 0.1) is 11.5 Å². The number of benzene rings is 1. The van der Waals surface area contributed by atoms with Gasteiger partial charge in [-0.3, -0.25) is 9.59 Å². The number of aryl methyl sites for hydroxylation is 1. The van der Waals surface area contributed by atoms with Gasteiger partial charge in [-0.1, -0.05) is 18.2 Å². The number of aromatic nitrogens is 1. The predicted octanol–water partition coefficient (Wildman–Crippen LogP) is 2.58. The van der Waals surface area contributed by atoms with Crippen LogP contribution in [0.4, 0.5) is 0 Å². The fourth-order valence-corrected chi connectivity index (χ4v) is 4.95. The maximum atomic E-state index is 12.7. The SMILES string of the molecule is COCCn1c(C)cc(C(=O)COC(=O)C(CCSC)NS(=O)(=O)c2ccccc2)c1C. The third kappa shape index (κ3) is 6.93. The minimum Gasteiger partial charge on any atom is -0.456 e. The van der Waals surface area contributed by atoms with Gasteiger partial charge in [0.25, 0.3) is 0 Å². The van der Waals surface area contributed by atoms with E-state index in [1.54, 1.807) is 31.4 Å². The summed E-state index contributed by atoms with van der Waals surface area (Å²) in [5, 5.41) is 0. The highest BCUT2D eigenvalue weighted by Gasteiger charge is 2.27. The molecule has 1 unspecified atom stereocenters. The fraction of sp³-hybridized carbons (Fsp3) is 0.455. The molecule has 0 aliphatic rings. The molecule has 1 atom stereocenters. The minimum atomic E-state index is -3.90. The Balaban J connectivity index is 2.08. The fourth-order valence-electron chi connectivity index (χ4n) is 3.24. The van der Waals surface area contributed by atoms with Crippen molar-refractivity contribution >= 4 is 33.5 Å². The number of hydrogen-bond acceptors (Lipinski definition) is 7. The van der Waals surface area contributed by atoms with Crippen LogP contribution >= 0.6 is 11.8 Å². The Morgan fingerprint density at radius 3 is 2.50 bits per heavy atom. The average molecular weight is 483 g/mol. The first-order valence-electron chi connectivity index (χ1n) is 10.1. The molecule has 0 fully saturated rings. The summed E-state index contributed by atoms with van der Waals surface area (Å²) in [6.45, 7) is 4.38. The van der Waals surface area contributed by atoms with Crippen LogP contribution in [0, 0.1) is 13.8 Å². The molecule has 1 aromatic carbocycles. The van der Waals surface area contributed by atoms with Crippen LogP contribution in [-0.4, -0.2) is 63.1 Å².